The van der Waals surface area contributed by atoms with Gasteiger partial charge in [0, 0.05) is 25.5 Å². The molecule has 0 radical (unpaired) electrons. The van der Waals surface area contributed by atoms with Gasteiger partial charge < -0.3 is 9.88 Å². The standard InChI is InChI=1S/C13H13BrN6/c14-9-5-18-20(6-9)10-2-4-19(7-10)13-11-1-3-15-12(11)16-8-17-13/h1,3,5-6,8,10H,2,4,7H2,(H,15,16,17). The molecule has 1 fully saturated rings. The summed E-state index contributed by atoms with van der Waals surface area (Å²) in [6.07, 6.45) is 8.45. The maximum Gasteiger partial charge on any atom is 0.142 e. The smallest absolute Gasteiger partial charge is 0.142 e. The first kappa shape index (κ1) is 11.9. The van der Waals surface area contributed by atoms with Crippen molar-refractivity contribution in [2.75, 3.05) is 18.0 Å². The van der Waals surface area contributed by atoms with Crippen molar-refractivity contribution >= 4 is 32.8 Å². The zero-order valence-corrected chi connectivity index (χ0v) is 12.3. The molecule has 20 heavy (non-hydrogen) atoms. The van der Waals surface area contributed by atoms with Gasteiger partial charge >= 0.3 is 0 Å². The van der Waals surface area contributed by atoms with Gasteiger partial charge in [-0.1, -0.05) is 0 Å². The van der Waals surface area contributed by atoms with E-state index in [0.717, 1.165) is 40.8 Å². The molecule has 0 bridgehead atoms. The number of nitrogens with one attached hydrogen (secondary N) is 1. The van der Waals surface area contributed by atoms with Crippen molar-refractivity contribution in [3.63, 3.8) is 0 Å². The van der Waals surface area contributed by atoms with E-state index in [1.165, 1.54) is 0 Å². The lowest BCUT2D eigenvalue weighted by molar-refractivity contribution is 0.494. The first-order valence-electron chi connectivity index (χ1n) is 6.54. The van der Waals surface area contributed by atoms with Gasteiger partial charge in [-0.2, -0.15) is 5.10 Å². The number of fused-ring (bicyclic) bond motifs is 1. The van der Waals surface area contributed by atoms with Crippen molar-refractivity contribution < 1.29 is 0 Å². The summed E-state index contributed by atoms with van der Waals surface area (Å²) in [5.41, 5.74) is 0.889. The van der Waals surface area contributed by atoms with Crippen LogP contribution in [0.15, 0.2) is 35.5 Å². The summed E-state index contributed by atoms with van der Waals surface area (Å²) >= 11 is 3.44. The van der Waals surface area contributed by atoms with Gasteiger partial charge in [0.25, 0.3) is 0 Å². The Bertz CT molecular complexity index is 748. The van der Waals surface area contributed by atoms with Crippen molar-refractivity contribution in [3.8, 4) is 0 Å². The van der Waals surface area contributed by atoms with Gasteiger partial charge in [-0.3, -0.25) is 4.68 Å². The highest BCUT2D eigenvalue weighted by atomic mass is 79.9. The third kappa shape index (κ3) is 1.89. The number of anilines is 1. The molecular weight excluding hydrogens is 320 g/mol. The zero-order valence-electron chi connectivity index (χ0n) is 10.7. The first-order valence-corrected chi connectivity index (χ1v) is 7.33. The second kappa shape index (κ2) is 4.59. The Balaban J connectivity index is 1.63. The van der Waals surface area contributed by atoms with Crippen molar-refractivity contribution in [3.05, 3.63) is 35.5 Å². The highest BCUT2D eigenvalue weighted by Gasteiger charge is 2.26. The Labute approximate surface area is 124 Å². The van der Waals surface area contributed by atoms with Crippen molar-refractivity contribution in [2.24, 2.45) is 0 Å². The third-order valence-corrected chi connectivity index (χ3v) is 4.15. The van der Waals surface area contributed by atoms with Crippen molar-refractivity contribution in [1.82, 2.24) is 24.7 Å². The van der Waals surface area contributed by atoms with Crippen LogP contribution in [-0.4, -0.2) is 37.8 Å². The second-order valence-corrected chi connectivity index (χ2v) is 5.88. The molecule has 0 spiro atoms. The minimum Gasteiger partial charge on any atom is -0.354 e. The fraction of sp³-hybridized carbons (Fsp3) is 0.308. The average molecular weight is 333 g/mol. The van der Waals surface area contributed by atoms with Gasteiger partial charge in [0.15, 0.2) is 0 Å². The van der Waals surface area contributed by atoms with Crippen LogP contribution in [0.2, 0.25) is 0 Å². The monoisotopic (exact) mass is 332 g/mol. The Hall–Kier alpha value is -1.89. The van der Waals surface area contributed by atoms with Gasteiger partial charge in [-0.15, -0.1) is 0 Å². The van der Waals surface area contributed by atoms with E-state index in [1.54, 1.807) is 6.33 Å². The molecule has 4 heterocycles. The van der Waals surface area contributed by atoms with E-state index in [4.69, 9.17) is 0 Å². The number of aromatic amines is 1. The largest absolute Gasteiger partial charge is 0.354 e. The lowest BCUT2D eigenvalue weighted by Crippen LogP contribution is -2.22. The van der Waals surface area contributed by atoms with Crippen LogP contribution in [0.4, 0.5) is 5.82 Å². The predicted octanol–water partition coefficient (Wildman–Crippen LogP) is 2.37. The van der Waals surface area contributed by atoms with Crippen LogP contribution in [0.5, 0.6) is 0 Å². The molecule has 0 amide bonds. The fourth-order valence-electron chi connectivity index (χ4n) is 2.78. The molecule has 3 aromatic rings. The molecule has 1 N–H and O–H groups in total. The minimum absolute atomic E-state index is 0.394. The molecule has 6 nitrogen and oxygen atoms in total. The molecule has 102 valence electrons. The van der Waals surface area contributed by atoms with Crippen LogP contribution in [0.1, 0.15) is 12.5 Å². The van der Waals surface area contributed by atoms with E-state index in [2.05, 4.69) is 40.9 Å². The number of aromatic nitrogens is 5. The van der Waals surface area contributed by atoms with Gasteiger partial charge in [-0.05, 0) is 28.4 Å². The minimum atomic E-state index is 0.394. The highest BCUT2D eigenvalue weighted by molar-refractivity contribution is 9.10. The number of hydrogen-bond donors (Lipinski definition) is 1. The second-order valence-electron chi connectivity index (χ2n) is 4.96. The molecule has 1 unspecified atom stereocenters. The predicted molar refractivity (Wildman–Crippen MR) is 79.7 cm³/mol. The maximum absolute atomic E-state index is 4.45. The van der Waals surface area contributed by atoms with Gasteiger partial charge in [-0.25, -0.2) is 9.97 Å². The summed E-state index contributed by atoms with van der Waals surface area (Å²) in [6, 6.07) is 2.42. The SMILES string of the molecule is Brc1cnn(C2CCN(c3ncnc4[nH]ccc34)C2)c1. The van der Waals surface area contributed by atoms with Crippen LogP contribution in [-0.2, 0) is 0 Å². The molecule has 1 atom stereocenters. The average Bonchev–Trinajstić information content (AvgIpc) is 3.17. The third-order valence-electron chi connectivity index (χ3n) is 3.74. The topological polar surface area (TPSA) is 62.6 Å². The quantitative estimate of drug-likeness (QED) is 0.782. The number of rotatable bonds is 2. The summed E-state index contributed by atoms with van der Waals surface area (Å²) in [5.74, 6) is 1.00. The van der Waals surface area contributed by atoms with E-state index >= 15 is 0 Å². The number of H-pyrrole nitrogens is 1. The van der Waals surface area contributed by atoms with E-state index < -0.39 is 0 Å². The van der Waals surface area contributed by atoms with Crippen LogP contribution in [0.3, 0.4) is 0 Å². The van der Waals surface area contributed by atoms with E-state index in [1.807, 2.05) is 29.3 Å². The summed E-state index contributed by atoms with van der Waals surface area (Å²) in [4.78, 5) is 14.1. The Morgan fingerprint density at radius 2 is 2.30 bits per heavy atom. The molecule has 0 aliphatic carbocycles. The van der Waals surface area contributed by atoms with Gasteiger partial charge in [0.05, 0.1) is 22.1 Å². The molecule has 1 aliphatic heterocycles. The van der Waals surface area contributed by atoms with Crippen LogP contribution >= 0.6 is 15.9 Å². The van der Waals surface area contributed by atoms with Gasteiger partial charge in [0.1, 0.15) is 17.8 Å². The highest BCUT2D eigenvalue weighted by Crippen LogP contribution is 2.29. The molecule has 0 aromatic carbocycles. The normalized spacial score (nSPS) is 19.1. The lowest BCUT2D eigenvalue weighted by atomic mass is 10.3. The van der Waals surface area contributed by atoms with Crippen LogP contribution in [0, 0.1) is 0 Å². The molecule has 4 rings (SSSR count). The lowest BCUT2D eigenvalue weighted by Gasteiger charge is -2.18. The van der Waals surface area contributed by atoms with Crippen LogP contribution < -0.4 is 4.90 Å². The number of halogens is 1. The fourth-order valence-corrected chi connectivity index (χ4v) is 3.08. The van der Waals surface area contributed by atoms with Crippen molar-refractivity contribution in [1.29, 1.82) is 0 Å². The zero-order chi connectivity index (χ0) is 13.5. The Morgan fingerprint density at radius 1 is 1.35 bits per heavy atom. The molecule has 3 aromatic heterocycles. The molecule has 7 heteroatoms. The van der Waals surface area contributed by atoms with E-state index in [0.29, 0.717) is 6.04 Å². The maximum atomic E-state index is 4.45. The van der Waals surface area contributed by atoms with Gasteiger partial charge in [0.2, 0.25) is 0 Å². The summed E-state index contributed by atoms with van der Waals surface area (Å²) in [7, 11) is 0. The number of hydrogen-bond acceptors (Lipinski definition) is 4. The Morgan fingerprint density at radius 3 is 3.15 bits per heavy atom. The van der Waals surface area contributed by atoms with E-state index in [9.17, 15) is 0 Å². The molecule has 0 saturated carbocycles. The molecule has 1 saturated heterocycles. The van der Waals surface area contributed by atoms with E-state index in [-0.39, 0.29) is 0 Å². The van der Waals surface area contributed by atoms with Crippen molar-refractivity contribution in [2.45, 2.75) is 12.5 Å². The molecule has 1 aliphatic rings. The number of nitrogens with zero attached hydrogens (tertiary/aromatic N) is 5. The first-order chi connectivity index (χ1) is 9.81. The summed E-state index contributed by atoms with van der Waals surface area (Å²) in [6.45, 7) is 1.91. The summed E-state index contributed by atoms with van der Waals surface area (Å²) in [5, 5.41) is 5.46. The van der Waals surface area contributed by atoms with Crippen LogP contribution in [0.25, 0.3) is 11.0 Å². The summed E-state index contributed by atoms with van der Waals surface area (Å²) < 4.78 is 3.05. The Kier molecular flexibility index (Phi) is 2.73. The molecular formula is C13H13BrN6.